The largest absolute Gasteiger partial charge is 0.349 e. The molecule has 1 aromatic heterocycles. The molecule has 0 spiro atoms. The zero-order valence-electron chi connectivity index (χ0n) is 14.8. The van der Waals surface area contributed by atoms with E-state index in [1.807, 2.05) is 0 Å². The van der Waals surface area contributed by atoms with E-state index in [1.165, 1.54) is 0 Å². The fourth-order valence-corrected chi connectivity index (χ4v) is 1.55. The van der Waals surface area contributed by atoms with Gasteiger partial charge in [0.2, 0.25) is 17.8 Å². The number of nitrogens with zero attached hydrogens (tertiary/aromatic N) is 3. The van der Waals surface area contributed by atoms with Crippen molar-refractivity contribution >= 4 is 17.8 Å². The number of hydrogen-bond donors (Lipinski definition) is 3. The van der Waals surface area contributed by atoms with E-state index in [1.54, 1.807) is 0 Å². The molecule has 0 radical (unpaired) electrons. The quantitative estimate of drug-likeness (QED) is 0.792. The van der Waals surface area contributed by atoms with Crippen molar-refractivity contribution in [1.29, 1.82) is 0 Å². The molecule has 6 heteroatoms. The van der Waals surface area contributed by atoms with Gasteiger partial charge in [-0.1, -0.05) is 0 Å². The third-order valence-electron chi connectivity index (χ3n) is 2.10. The van der Waals surface area contributed by atoms with Crippen molar-refractivity contribution in [3.05, 3.63) is 0 Å². The van der Waals surface area contributed by atoms with E-state index in [0.29, 0.717) is 17.8 Å². The highest BCUT2D eigenvalue weighted by Crippen LogP contribution is 2.18. The average Bonchev–Trinajstić information content (AvgIpc) is 2.06. The van der Waals surface area contributed by atoms with Crippen molar-refractivity contribution in [3.63, 3.8) is 0 Å². The third kappa shape index (κ3) is 7.68. The first-order valence-electron chi connectivity index (χ1n) is 7.34. The first kappa shape index (κ1) is 17.5. The monoisotopic (exact) mass is 294 g/mol. The Morgan fingerprint density at radius 1 is 0.476 bits per heavy atom. The van der Waals surface area contributed by atoms with Crippen LogP contribution in [0.15, 0.2) is 0 Å². The summed E-state index contributed by atoms with van der Waals surface area (Å²) >= 11 is 0. The molecule has 0 aliphatic rings. The minimum Gasteiger partial charge on any atom is -0.349 e. The van der Waals surface area contributed by atoms with E-state index in [0.717, 1.165) is 0 Å². The van der Waals surface area contributed by atoms with Gasteiger partial charge in [0.25, 0.3) is 0 Å². The van der Waals surface area contributed by atoms with Crippen LogP contribution in [0, 0.1) is 0 Å². The molecule has 0 fully saturated rings. The molecule has 0 atom stereocenters. The van der Waals surface area contributed by atoms with Crippen molar-refractivity contribution in [2.24, 2.45) is 0 Å². The van der Waals surface area contributed by atoms with Crippen LogP contribution < -0.4 is 16.0 Å². The van der Waals surface area contributed by atoms with Crippen LogP contribution in [0.4, 0.5) is 17.8 Å². The molecule has 120 valence electrons. The maximum absolute atomic E-state index is 4.45. The Morgan fingerprint density at radius 2 is 0.667 bits per heavy atom. The highest BCUT2D eigenvalue weighted by atomic mass is 15.3. The summed E-state index contributed by atoms with van der Waals surface area (Å²) in [6.45, 7) is 18.7. The molecule has 0 amide bonds. The molecule has 3 N–H and O–H groups in total. The molecule has 0 aliphatic carbocycles. The molecule has 6 nitrogen and oxygen atoms in total. The number of aromatic nitrogens is 3. The van der Waals surface area contributed by atoms with Gasteiger partial charge in [-0.05, 0) is 62.3 Å². The Hall–Kier alpha value is -1.59. The van der Waals surface area contributed by atoms with E-state index < -0.39 is 0 Å². The molecule has 1 aromatic rings. The second-order valence-electron chi connectivity index (χ2n) is 8.43. The van der Waals surface area contributed by atoms with Crippen LogP contribution in [-0.2, 0) is 0 Å². The molecule has 0 aliphatic heterocycles. The van der Waals surface area contributed by atoms with Crippen LogP contribution in [0.3, 0.4) is 0 Å². The van der Waals surface area contributed by atoms with Gasteiger partial charge in [0.1, 0.15) is 0 Å². The van der Waals surface area contributed by atoms with Gasteiger partial charge in [0, 0.05) is 16.6 Å². The standard InChI is InChI=1S/C15H30N6/c1-13(2,3)19-10-16-11(20-14(4,5)6)18-12(17-10)21-15(7,8)9/h1-9H3,(H3,16,17,18,19,20,21). The summed E-state index contributed by atoms with van der Waals surface area (Å²) in [6.07, 6.45) is 0. The zero-order valence-corrected chi connectivity index (χ0v) is 14.8. The SMILES string of the molecule is CC(C)(C)Nc1nc(NC(C)(C)C)nc(NC(C)(C)C)n1. The van der Waals surface area contributed by atoms with Gasteiger partial charge in [-0.2, -0.15) is 15.0 Å². The first-order chi connectivity index (χ1) is 9.23. The van der Waals surface area contributed by atoms with E-state index in [4.69, 9.17) is 0 Å². The normalized spacial score (nSPS) is 13.0. The lowest BCUT2D eigenvalue weighted by molar-refractivity contribution is 0.608. The predicted octanol–water partition coefficient (Wildman–Crippen LogP) is 3.50. The van der Waals surface area contributed by atoms with Crippen molar-refractivity contribution in [2.45, 2.75) is 78.9 Å². The summed E-state index contributed by atoms with van der Waals surface area (Å²) in [4.78, 5) is 13.3. The lowest BCUT2D eigenvalue weighted by Crippen LogP contribution is -2.32. The molecule has 0 saturated carbocycles. The summed E-state index contributed by atoms with van der Waals surface area (Å²) in [5, 5.41) is 9.87. The summed E-state index contributed by atoms with van der Waals surface area (Å²) in [5.74, 6) is 1.70. The van der Waals surface area contributed by atoms with Crippen molar-refractivity contribution in [1.82, 2.24) is 15.0 Å². The first-order valence-corrected chi connectivity index (χ1v) is 7.34. The molecule has 1 heterocycles. The van der Waals surface area contributed by atoms with Gasteiger partial charge < -0.3 is 16.0 Å². The highest BCUT2D eigenvalue weighted by Gasteiger charge is 2.19. The van der Waals surface area contributed by atoms with E-state index >= 15 is 0 Å². The average molecular weight is 294 g/mol. The van der Waals surface area contributed by atoms with Crippen LogP contribution in [0.2, 0.25) is 0 Å². The molecular weight excluding hydrogens is 264 g/mol. The third-order valence-corrected chi connectivity index (χ3v) is 2.10. The Kier molecular flexibility index (Phi) is 4.70. The maximum Gasteiger partial charge on any atom is 0.229 e. The molecule has 1 rings (SSSR count). The molecule has 0 saturated heterocycles. The number of rotatable bonds is 3. The van der Waals surface area contributed by atoms with Crippen molar-refractivity contribution < 1.29 is 0 Å². The zero-order chi connectivity index (χ0) is 16.5. The van der Waals surface area contributed by atoms with Crippen LogP contribution in [0.1, 0.15) is 62.3 Å². The van der Waals surface area contributed by atoms with E-state index in [2.05, 4.69) is 93.2 Å². The van der Waals surface area contributed by atoms with Crippen LogP contribution in [-0.4, -0.2) is 31.6 Å². The van der Waals surface area contributed by atoms with E-state index in [-0.39, 0.29) is 16.6 Å². The molecule has 21 heavy (non-hydrogen) atoms. The van der Waals surface area contributed by atoms with Gasteiger partial charge in [-0.3, -0.25) is 0 Å². The predicted molar refractivity (Wildman–Crippen MR) is 90.0 cm³/mol. The Labute approximate surface area is 128 Å². The fourth-order valence-electron chi connectivity index (χ4n) is 1.55. The lowest BCUT2D eigenvalue weighted by Gasteiger charge is -2.25. The fraction of sp³-hybridized carbons (Fsp3) is 0.800. The second-order valence-corrected chi connectivity index (χ2v) is 8.43. The topological polar surface area (TPSA) is 74.8 Å². The van der Waals surface area contributed by atoms with Crippen LogP contribution in [0.5, 0.6) is 0 Å². The lowest BCUT2D eigenvalue weighted by atomic mass is 10.1. The number of nitrogens with one attached hydrogen (secondary N) is 3. The highest BCUT2D eigenvalue weighted by molar-refractivity contribution is 5.45. The van der Waals surface area contributed by atoms with Crippen molar-refractivity contribution in [2.75, 3.05) is 16.0 Å². The molecule has 0 bridgehead atoms. The number of anilines is 3. The molecule has 0 unspecified atom stereocenters. The van der Waals surface area contributed by atoms with Gasteiger partial charge >= 0.3 is 0 Å². The Morgan fingerprint density at radius 3 is 0.810 bits per heavy atom. The summed E-state index contributed by atoms with van der Waals surface area (Å²) in [6, 6.07) is 0. The van der Waals surface area contributed by atoms with Crippen LogP contribution in [0.25, 0.3) is 0 Å². The Bertz CT molecular complexity index is 393. The van der Waals surface area contributed by atoms with Gasteiger partial charge in [-0.25, -0.2) is 0 Å². The minimum atomic E-state index is -0.112. The minimum absolute atomic E-state index is 0.112. The molecular formula is C15H30N6. The van der Waals surface area contributed by atoms with Gasteiger partial charge in [0.05, 0.1) is 0 Å². The van der Waals surface area contributed by atoms with Crippen LogP contribution >= 0.6 is 0 Å². The second kappa shape index (κ2) is 5.66. The summed E-state index contributed by atoms with van der Waals surface area (Å²) < 4.78 is 0. The summed E-state index contributed by atoms with van der Waals surface area (Å²) in [5.41, 5.74) is -0.335. The number of hydrogen-bond acceptors (Lipinski definition) is 6. The van der Waals surface area contributed by atoms with Gasteiger partial charge in [-0.15, -0.1) is 0 Å². The van der Waals surface area contributed by atoms with Crippen molar-refractivity contribution in [3.8, 4) is 0 Å². The van der Waals surface area contributed by atoms with E-state index in [9.17, 15) is 0 Å². The smallest absolute Gasteiger partial charge is 0.229 e. The maximum atomic E-state index is 4.45. The van der Waals surface area contributed by atoms with Gasteiger partial charge in [0.15, 0.2) is 0 Å². The Balaban J connectivity index is 3.13. The summed E-state index contributed by atoms with van der Waals surface area (Å²) in [7, 11) is 0. The molecule has 0 aromatic carbocycles.